The lowest BCUT2D eigenvalue weighted by atomic mass is 9.88. The highest BCUT2D eigenvalue weighted by Crippen LogP contribution is 2.35. The lowest BCUT2D eigenvalue weighted by Gasteiger charge is -2.20. The number of rotatable bonds is 6. The summed E-state index contributed by atoms with van der Waals surface area (Å²) in [7, 11) is 0. The Bertz CT molecular complexity index is 880. The molecule has 1 heterocycles. The van der Waals surface area contributed by atoms with Gasteiger partial charge in [0.1, 0.15) is 12.6 Å². The van der Waals surface area contributed by atoms with Crippen molar-refractivity contribution in [2.24, 2.45) is 5.92 Å². The number of hydrogen-bond acceptors (Lipinski definition) is 3. The van der Waals surface area contributed by atoms with Crippen molar-refractivity contribution in [1.29, 1.82) is 0 Å². The van der Waals surface area contributed by atoms with Gasteiger partial charge in [0.2, 0.25) is 0 Å². The van der Waals surface area contributed by atoms with E-state index in [0.29, 0.717) is 12.5 Å². The van der Waals surface area contributed by atoms with Crippen LogP contribution in [0, 0.1) is 5.92 Å². The molecule has 0 spiro atoms. The molecule has 1 aliphatic heterocycles. The Morgan fingerprint density at radius 2 is 1.39 bits per heavy atom. The molecule has 0 aromatic heterocycles. The van der Waals surface area contributed by atoms with E-state index in [0.717, 1.165) is 18.4 Å². The SMILES string of the molecule is O=C(OCc1ccccc1)C1CC(Cc2ccccc2)C(c2ccccc2)N1. The van der Waals surface area contributed by atoms with E-state index in [4.69, 9.17) is 4.74 Å². The van der Waals surface area contributed by atoms with Crippen molar-refractivity contribution < 1.29 is 9.53 Å². The lowest BCUT2D eigenvalue weighted by Crippen LogP contribution is -2.33. The van der Waals surface area contributed by atoms with Crippen molar-refractivity contribution in [3.05, 3.63) is 108 Å². The summed E-state index contributed by atoms with van der Waals surface area (Å²) in [6.07, 6.45) is 1.72. The van der Waals surface area contributed by atoms with E-state index >= 15 is 0 Å². The number of carbonyl (C=O) groups is 1. The second kappa shape index (κ2) is 8.85. The fourth-order valence-corrected chi connectivity index (χ4v) is 4.00. The highest BCUT2D eigenvalue weighted by Gasteiger charge is 2.38. The first-order chi connectivity index (χ1) is 13.8. The van der Waals surface area contributed by atoms with Crippen molar-refractivity contribution in [3.63, 3.8) is 0 Å². The predicted octanol–water partition coefficient (Wildman–Crippen LogP) is 4.69. The smallest absolute Gasteiger partial charge is 0.323 e. The quantitative estimate of drug-likeness (QED) is 0.639. The summed E-state index contributed by atoms with van der Waals surface area (Å²) in [6, 6.07) is 30.6. The third-order valence-corrected chi connectivity index (χ3v) is 5.40. The molecule has 3 aromatic rings. The Morgan fingerprint density at radius 1 is 0.821 bits per heavy atom. The van der Waals surface area contributed by atoms with Gasteiger partial charge < -0.3 is 4.74 Å². The number of hydrogen-bond donors (Lipinski definition) is 1. The van der Waals surface area contributed by atoms with Crippen LogP contribution in [0.25, 0.3) is 0 Å². The fourth-order valence-electron chi connectivity index (χ4n) is 4.00. The average molecular weight is 371 g/mol. The Labute approximate surface area is 166 Å². The summed E-state index contributed by atoms with van der Waals surface area (Å²) in [5.41, 5.74) is 3.53. The van der Waals surface area contributed by atoms with Crippen molar-refractivity contribution >= 4 is 5.97 Å². The summed E-state index contributed by atoms with van der Waals surface area (Å²) < 4.78 is 5.59. The minimum atomic E-state index is -0.275. The minimum absolute atomic E-state index is 0.149. The Balaban J connectivity index is 1.46. The van der Waals surface area contributed by atoms with Crippen LogP contribution in [0.1, 0.15) is 29.2 Å². The molecule has 0 saturated carbocycles. The van der Waals surface area contributed by atoms with E-state index in [1.807, 2.05) is 42.5 Å². The zero-order valence-corrected chi connectivity index (χ0v) is 15.8. The molecule has 0 radical (unpaired) electrons. The molecule has 3 aromatic carbocycles. The van der Waals surface area contributed by atoms with E-state index in [1.54, 1.807) is 0 Å². The summed E-state index contributed by atoms with van der Waals surface area (Å²) >= 11 is 0. The van der Waals surface area contributed by atoms with Gasteiger partial charge in [-0.15, -0.1) is 0 Å². The predicted molar refractivity (Wildman–Crippen MR) is 111 cm³/mol. The molecular weight excluding hydrogens is 346 g/mol. The molecule has 0 aliphatic carbocycles. The first kappa shape index (κ1) is 18.5. The third kappa shape index (κ3) is 4.49. The Hall–Kier alpha value is -2.91. The van der Waals surface area contributed by atoms with Gasteiger partial charge in [0.05, 0.1) is 0 Å². The fraction of sp³-hybridized carbons (Fsp3) is 0.240. The lowest BCUT2D eigenvalue weighted by molar-refractivity contribution is -0.147. The second-order valence-corrected chi connectivity index (χ2v) is 7.39. The van der Waals surface area contributed by atoms with Crippen LogP contribution < -0.4 is 5.32 Å². The number of benzene rings is 3. The van der Waals surface area contributed by atoms with Crippen LogP contribution in [0.15, 0.2) is 91.0 Å². The molecular formula is C25H25NO2. The van der Waals surface area contributed by atoms with E-state index in [1.165, 1.54) is 11.1 Å². The van der Waals surface area contributed by atoms with E-state index < -0.39 is 0 Å². The van der Waals surface area contributed by atoms with E-state index in [9.17, 15) is 4.79 Å². The molecule has 1 N–H and O–H groups in total. The van der Waals surface area contributed by atoms with Crippen molar-refractivity contribution in [2.45, 2.75) is 31.5 Å². The van der Waals surface area contributed by atoms with Crippen LogP contribution in [-0.2, 0) is 22.6 Å². The number of ether oxygens (including phenoxy) is 1. The van der Waals surface area contributed by atoms with Gasteiger partial charge in [-0.3, -0.25) is 10.1 Å². The van der Waals surface area contributed by atoms with Gasteiger partial charge in [-0.2, -0.15) is 0 Å². The minimum Gasteiger partial charge on any atom is -0.460 e. The van der Waals surface area contributed by atoms with Crippen LogP contribution in [0.4, 0.5) is 0 Å². The van der Waals surface area contributed by atoms with Gasteiger partial charge in [-0.05, 0) is 35.4 Å². The maximum atomic E-state index is 12.7. The van der Waals surface area contributed by atoms with Crippen LogP contribution >= 0.6 is 0 Å². The molecule has 0 amide bonds. The Morgan fingerprint density at radius 3 is 2.04 bits per heavy atom. The van der Waals surface area contributed by atoms with Crippen LogP contribution in [0.2, 0.25) is 0 Å². The van der Waals surface area contributed by atoms with Gasteiger partial charge in [-0.25, -0.2) is 0 Å². The first-order valence-electron chi connectivity index (χ1n) is 9.85. The van der Waals surface area contributed by atoms with E-state index in [-0.39, 0.29) is 18.1 Å². The van der Waals surface area contributed by atoms with Gasteiger partial charge in [-0.1, -0.05) is 91.0 Å². The Kier molecular flexibility index (Phi) is 5.83. The summed E-state index contributed by atoms with van der Waals surface area (Å²) in [4.78, 5) is 12.7. The van der Waals surface area contributed by atoms with Crippen molar-refractivity contribution in [1.82, 2.24) is 5.32 Å². The molecule has 1 aliphatic rings. The monoisotopic (exact) mass is 371 g/mol. The number of carbonyl (C=O) groups excluding carboxylic acids is 1. The van der Waals surface area contributed by atoms with Crippen LogP contribution in [0.3, 0.4) is 0 Å². The molecule has 3 unspecified atom stereocenters. The van der Waals surface area contributed by atoms with E-state index in [2.05, 4.69) is 53.8 Å². The standard InChI is InChI=1S/C25H25NO2/c27-25(28-18-20-12-6-2-7-13-20)23-17-22(16-19-10-4-1-5-11-19)24(26-23)21-14-8-3-9-15-21/h1-15,22-24,26H,16-18H2. The highest BCUT2D eigenvalue weighted by molar-refractivity contribution is 5.76. The van der Waals surface area contributed by atoms with Crippen LogP contribution in [-0.4, -0.2) is 12.0 Å². The second-order valence-electron chi connectivity index (χ2n) is 7.39. The largest absolute Gasteiger partial charge is 0.460 e. The zero-order valence-electron chi connectivity index (χ0n) is 15.8. The highest BCUT2D eigenvalue weighted by atomic mass is 16.5. The average Bonchev–Trinajstić information content (AvgIpc) is 3.18. The molecule has 0 bridgehead atoms. The van der Waals surface area contributed by atoms with Gasteiger partial charge in [0.25, 0.3) is 0 Å². The normalized spacial score (nSPS) is 21.4. The molecule has 4 rings (SSSR count). The van der Waals surface area contributed by atoms with Crippen molar-refractivity contribution in [3.8, 4) is 0 Å². The molecule has 3 heteroatoms. The summed E-state index contributed by atoms with van der Waals surface area (Å²) in [5, 5.41) is 3.54. The summed E-state index contributed by atoms with van der Waals surface area (Å²) in [6.45, 7) is 0.317. The maximum absolute atomic E-state index is 12.7. The van der Waals surface area contributed by atoms with Crippen molar-refractivity contribution in [2.75, 3.05) is 0 Å². The maximum Gasteiger partial charge on any atom is 0.323 e. The zero-order chi connectivity index (χ0) is 19.2. The summed E-state index contributed by atoms with van der Waals surface area (Å²) in [5.74, 6) is 0.180. The molecule has 3 nitrogen and oxygen atoms in total. The third-order valence-electron chi connectivity index (χ3n) is 5.40. The molecule has 3 atom stereocenters. The molecule has 28 heavy (non-hydrogen) atoms. The number of esters is 1. The molecule has 1 saturated heterocycles. The topological polar surface area (TPSA) is 38.3 Å². The van der Waals surface area contributed by atoms with Gasteiger partial charge in [0.15, 0.2) is 0 Å². The first-order valence-corrected chi connectivity index (χ1v) is 9.85. The number of nitrogens with one attached hydrogen (secondary N) is 1. The van der Waals surface area contributed by atoms with Gasteiger partial charge >= 0.3 is 5.97 Å². The van der Waals surface area contributed by atoms with Gasteiger partial charge in [0, 0.05) is 6.04 Å². The molecule has 1 fully saturated rings. The van der Waals surface area contributed by atoms with Crippen LogP contribution in [0.5, 0.6) is 0 Å². The molecule has 142 valence electrons.